The molecule has 0 atom stereocenters. The van der Waals surface area contributed by atoms with E-state index in [2.05, 4.69) is 42.5 Å². The third-order valence-electron chi connectivity index (χ3n) is 4.01. The second kappa shape index (κ2) is 8.11. The van der Waals surface area contributed by atoms with Crippen LogP contribution in [0.15, 0.2) is 84.9 Å². The Morgan fingerprint density at radius 1 is 0.800 bits per heavy atom. The molecule has 0 radical (unpaired) electrons. The van der Waals surface area contributed by atoms with E-state index in [1.54, 1.807) is 11.8 Å². The molecule has 3 rings (SSSR count). The first-order valence-electron chi connectivity index (χ1n) is 8.37. The van der Waals surface area contributed by atoms with Gasteiger partial charge in [-0.1, -0.05) is 78.9 Å². The quantitative estimate of drug-likeness (QED) is 0.574. The first-order chi connectivity index (χ1) is 12.2. The molecule has 0 N–H and O–H groups in total. The molecule has 0 saturated carbocycles. The number of benzene rings is 3. The van der Waals surface area contributed by atoms with Crippen LogP contribution in [0.4, 0.5) is 5.69 Å². The molecule has 0 bridgehead atoms. The Morgan fingerprint density at radius 2 is 1.40 bits per heavy atom. The Morgan fingerprint density at radius 3 is 2.08 bits per heavy atom. The smallest absolute Gasteiger partial charge is 0.224 e. The number of amides is 1. The summed E-state index contributed by atoms with van der Waals surface area (Å²) in [5.74, 6) is 0.0384. The van der Waals surface area contributed by atoms with Crippen LogP contribution in [0.25, 0.3) is 12.2 Å². The van der Waals surface area contributed by atoms with Gasteiger partial charge in [-0.15, -0.1) is 0 Å². The van der Waals surface area contributed by atoms with Crippen molar-refractivity contribution < 1.29 is 4.79 Å². The highest BCUT2D eigenvalue weighted by atomic mass is 16.2. The van der Waals surface area contributed by atoms with Gasteiger partial charge in [-0.05, 0) is 34.9 Å². The Bertz CT molecular complexity index is 854. The second-order valence-electron chi connectivity index (χ2n) is 5.93. The van der Waals surface area contributed by atoms with Gasteiger partial charge >= 0.3 is 0 Å². The van der Waals surface area contributed by atoms with Gasteiger partial charge in [0.1, 0.15) is 0 Å². The van der Waals surface area contributed by atoms with E-state index in [9.17, 15) is 4.79 Å². The van der Waals surface area contributed by atoms with Crippen LogP contribution in [0, 0.1) is 0 Å². The highest BCUT2D eigenvalue weighted by molar-refractivity contribution is 5.91. The molecule has 2 nitrogen and oxygen atoms in total. The summed E-state index contributed by atoms with van der Waals surface area (Å²) in [6.07, 6.45) is 4.19. The molecule has 0 saturated heterocycles. The number of carbonyl (C=O) groups is 1. The normalized spacial score (nSPS) is 10.8. The van der Waals surface area contributed by atoms with Crippen molar-refractivity contribution in [2.75, 3.05) is 4.90 Å². The Balaban J connectivity index is 1.79. The zero-order chi connectivity index (χ0) is 17.5. The summed E-state index contributed by atoms with van der Waals surface area (Å²) >= 11 is 0. The van der Waals surface area contributed by atoms with Gasteiger partial charge in [-0.3, -0.25) is 4.79 Å². The molecule has 3 aromatic rings. The molecule has 0 aromatic heterocycles. The minimum Gasteiger partial charge on any atom is -0.308 e. The summed E-state index contributed by atoms with van der Waals surface area (Å²) in [7, 11) is 0. The maximum Gasteiger partial charge on any atom is 0.224 e. The van der Waals surface area contributed by atoms with E-state index in [-0.39, 0.29) is 5.91 Å². The largest absolute Gasteiger partial charge is 0.308 e. The van der Waals surface area contributed by atoms with Gasteiger partial charge in [0, 0.05) is 12.6 Å². The van der Waals surface area contributed by atoms with Crippen molar-refractivity contribution in [1.82, 2.24) is 0 Å². The molecule has 0 aliphatic carbocycles. The van der Waals surface area contributed by atoms with Gasteiger partial charge < -0.3 is 4.90 Å². The van der Waals surface area contributed by atoms with Crippen LogP contribution in [0.2, 0.25) is 0 Å². The van der Waals surface area contributed by atoms with Crippen LogP contribution in [0.3, 0.4) is 0 Å². The molecule has 0 heterocycles. The van der Waals surface area contributed by atoms with E-state index in [1.165, 1.54) is 5.56 Å². The molecule has 1 amide bonds. The average Bonchev–Trinajstić information content (AvgIpc) is 2.66. The predicted octanol–water partition coefficient (Wildman–Crippen LogP) is 5.41. The van der Waals surface area contributed by atoms with Crippen molar-refractivity contribution in [3.63, 3.8) is 0 Å². The summed E-state index contributed by atoms with van der Waals surface area (Å²) in [4.78, 5) is 13.8. The number of rotatable bonds is 5. The molecular formula is C23H21NO. The fraction of sp³-hybridized carbons (Fsp3) is 0.0870. The van der Waals surface area contributed by atoms with E-state index in [4.69, 9.17) is 0 Å². The Kier molecular flexibility index (Phi) is 5.43. The standard InChI is InChI=1S/C23H21NO/c1-19(25)24(23-13-6-3-7-14-23)18-22-12-8-11-21(17-22)16-15-20-9-4-2-5-10-20/h2-17H,18H2,1H3/b16-15+. The van der Waals surface area contributed by atoms with E-state index in [0.29, 0.717) is 6.54 Å². The molecular weight excluding hydrogens is 306 g/mol. The highest BCUT2D eigenvalue weighted by Crippen LogP contribution is 2.18. The summed E-state index contributed by atoms with van der Waals surface area (Å²) in [6, 6.07) is 28.3. The molecule has 124 valence electrons. The Hall–Kier alpha value is -3.13. The molecule has 0 unspecified atom stereocenters. The van der Waals surface area contributed by atoms with Gasteiger partial charge in [0.15, 0.2) is 0 Å². The summed E-state index contributed by atoms with van der Waals surface area (Å²) in [5, 5.41) is 0. The van der Waals surface area contributed by atoms with Gasteiger partial charge in [-0.2, -0.15) is 0 Å². The maximum atomic E-state index is 12.1. The molecule has 25 heavy (non-hydrogen) atoms. The van der Waals surface area contributed by atoms with E-state index in [0.717, 1.165) is 16.8 Å². The molecule has 3 aromatic carbocycles. The van der Waals surface area contributed by atoms with Crippen LogP contribution in [0.5, 0.6) is 0 Å². The van der Waals surface area contributed by atoms with Gasteiger partial charge in [0.25, 0.3) is 0 Å². The zero-order valence-corrected chi connectivity index (χ0v) is 14.3. The van der Waals surface area contributed by atoms with E-state index < -0.39 is 0 Å². The lowest BCUT2D eigenvalue weighted by molar-refractivity contribution is -0.116. The highest BCUT2D eigenvalue weighted by Gasteiger charge is 2.11. The lowest BCUT2D eigenvalue weighted by atomic mass is 10.1. The SMILES string of the molecule is CC(=O)N(Cc1cccc(/C=C/c2ccccc2)c1)c1ccccc1. The fourth-order valence-corrected chi connectivity index (χ4v) is 2.73. The van der Waals surface area contributed by atoms with Gasteiger partial charge in [-0.25, -0.2) is 0 Å². The second-order valence-corrected chi connectivity index (χ2v) is 5.93. The fourth-order valence-electron chi connectivity index (χ4n) is 2.73. The summed E-state index contributed by atoms with van der Waals surface area (Å²) in [5.41, 5.74) is 4.31. The molecule has 0 aliphatic heterocycles. The van der Waals surface area contributed by atoms with Gasteiger partial charge in [0.2, 0.25) is 5.91 Å². The number of anilines is 1. The summed E-state index contributed by atoms with van der Waals surface area (Å²) in [6.45, 7) is 2.17. The predicted molar refractivity (Wildman–Crippen MR) is 105 cm³/mol. The van der Waals surface area contributed by atoms with Crippen LogP contribution in [-0.4, -0.2) is 5.91 Å². The minimum absolute atomic E-state index is 0.0384. The van der Waals surface area contributed by atoms with Crippen molar-refractivity contribution in [3.05, 3.63) is 102 Å². The van der Waals surface area contributed by atoms with Crippen LogP contribution in [0.1, 0.15) is 23.6 Å². The Labute approximate surface area is 149 Å². The third-order valence-corrected chi connectivity index (χ3v) is 4.01. The van der Waals surface area contributed by atoms with Crippen LogP contribution in [-0.2, 0) is 11.3 Å². The lowest BCUT2D eigenvalue weighted by Gasteiger charge is -2.21. The number of hydrogen-bond donors (Lipinski definition) is 0. The van der Waals surface area contributed by atoms with E-state index in [1.807, 2.05) is 54.6 Å². The lowest BCUT2D eigenvalue weighted by Crippen LogP contribution is -2.27. The molecule has 2 heteroatoms. The summed E-state index contributed by atoms with van der Waals surface area (Å²) < 4.78 is 0. The zero-order valence-electron chi connectivity index (χ0n) is 14.3. The molecule has 0 fully saturated rings. The first-order valence-corrected chi connectivity index (χ1v) is 8.37. The molecule has 0 aliphatic rings. The number of para-hydroxylation sites is 1. The van der Waals surface area contributed by atoms with Crippen molar-refractivity contribution in [3.8, 4) is 0 Å². The maximum absolute atomic E-state index is 12.1. The average molecular weight is 327 g/mol. The topological polar surface area (TPSA) is 20.3 Å². The van der Waals surface area contributed by atoms with Crippen molar-refractivity contribution in [2.24, 2.45) is 0 Å². The van der Waals surface area contributed by atoms with E-state index >= 15 is 0 Å². The van der Waals surface area contributed by atoms with Crippen LogP contribution < -0.4 is 4.90 Å². The van der Waals surface area contributed by atoms with Crippen molar-refractivity contribution >= 4 is 23.7 Å². The van der Waals surface area contributed by atoms with Crippen LogP contribution >= 0.6 is 0 Å². The minimum atomic E-state index is 0.0384. The van der Waals surface area contributed by atoms with Crippen molar-refractivity contribution in [1.29, 1.82) is 0 Å². The number of hydrogen-bond acceptors (Lipinski definition) is 1. The first kappa shape index (κ1) is 16.7. The van der Waals surface area contributed by atoms with Gasteiger partial charge in [0.05, 0.1) is 6.54 Å². The number of nitrogens with zero attached hydrogens (tertiary/aromatic N) is 1. The monoisotopic (exact) mass is 327 g/mol. The van der Waals surface area contributed by atoms with Crippen molar-refractivity contribution in [2.45, 2.75) is 13.5 Å². The molecule has 0 spiro atoms. The number of carbonyl (C=O) groups excluding carboxylic acids is 1. The third kappa shape index (κ3) is 4.67.